The number of hydrogen-bond acceptors (Lipinski definition) is 9. The first-order chi connectivity index (χ1) is 23.8. The van der Waals surface area contributed by atoms with Crippen molar-refractivity contribution in [3.63, 3.8) is 0 Å². The number of urea groups is 1. The Balaban J connectivity index is 1.77. The number of hydrogen-bond donors (Lipinski definition) is 9. The average molecular weight is 702 g/mol. The van der Waals surface area contributed by atoms with Crippen LogP contribution in [0.3, 0.4) is 0 Å². The van der Waals surface area contributed by atoms with Gasteiger partial charge in [0.2, 0.25) is 17.7 Å². The normalized spacial score (nSPS) is 12.4. The molecule has 0 aliphatic heterocycles. The van der Waals surface area contributed by atoms with Crippen molar-refractivity contribution in [2.45, 2.75) is 63.1 Å². The number of aliphatic carboxylic acids is 3. The van der Waals surface area contributed by atoms with Gasteiger partial charge in [-0.1, -0.05) is 42.5 Å². The summed E-state index contributed by atoms with van der Waals surface area (Å²) < 4.78 is 5.40. The summed E-state index contributed by atoms with van der Waals surface area (Å²) in [5.74, 6) is -5.37. The fourth-order valence-electron chi connectivity index (χ4n) is 4.47. The number of rotatable bonds is 23. The molecule has 5 amide bonds. The zero-order chi connectivity index (χ0) is 36.9. The number of nitrogens with one attached hydrogen (secondary N) is 5. The maximum atomic E-state index is 13.2. The Morgan fingerprint density at radius 2 is 1.26 bits per heavy atom. The van der Waals surface area contributed by atoms with E-state index in [1.165, 1.54) is 12.1 Å². The molecule has 0 heterocycles. The largest absolute Gasteiger partial charge is 0.508 e. The third kappa shape index (κ3) is 16.9. The smallest absolute Gasteiger partial charge is 0.326 e. The van der Waals surface area contributed by atoms with Crippen LogP contribution in [0.1, 0.15) is 43.2 Å². The minimum absolute atomic E-state index is 0.0115. The van der Waals surface area contributed by atoms with E-state index in [0.717, 1.165) is 5.56 Å². The number of carbonyl (C=O) groups is 7. The van der Waals surface area contributed by atoms with E-state index in [1.54, 1.807) is 42.5 Å². The van der Waals surface area contributed by atoms with Gasteiger partial charge in [-0.05, 0) is 36.1 Å². The van der Waals surface area contributed by atoms with E-state index in [9.17, 15) is 48.9 Å². The summed E-state index contributed by atoms with van der Waals surface area (Å²) in [5.41, 5.74) is 1.30. The summed E-state index contributed by atoms with van der Waals surface area (Å²) >= 11 is 0. The van der Waals surface area contributed by atoms with E-state index < -0.39 is 59.8 Å². The lowest BCUT2D eigenvalue weighted by Gasteiger charge is -2.22. The van der Waals surface area contributed by atoms with Crippen molar-refractivity contribution in [3.05, 3.63) is 65.7 Å². The molecule has 0 saturated heterocycles. The van der Waals surface area contributed by atoms with Gasteiger partial charge in [0.25, 0.3) is 0 Å². The Kier molecular flexibility index (Phi) is 17.8. The molecule has 9 N–H and O–H groups in total. The zero-order valence-corrected chi connectivity index (χ0v) is 27.3. The highest BCUT2D eigenvalue weighted by molar-refractivity contribution is 5.90. The van der Waals surface area contributed by atoms with Gasteiger partial charge < -0.3 is 51.7 Å². The molecular weight excluding hydrogens is 658 g/mol. The quantitative estimate of drug-likeness (QED) is 0.0701. The van der Waals surface area contributed by atoms with Gasteiger partial charge in [0.15, 0.2) is 0 Å². The fraction of sp³-hybridized carbons (Fsp3) is 0.424. The molecule has 2 aromatic rings. The minimum atomic E-state index is -1.35. The monoisotopic (exact) mass is 701 g/mol. The van der Waals surface area contributed by atoms with Crippen LogP contribution in [-0.4, -0.2) is 107 Å². The van der Waals surface area contributed by atoms with Crippen LogP contribution < -0.4 is 26.6 Å². The summed E-state index contributed by atoms with van der Waals surface area (Å²) in [4.78, 5) is 83.8. The van der Waals surface area contributed by atoms with E-state index in [-0.39, 0.29) is 77.0 Å². The van der Waals surface area contributed by atoms with Crippen LogP contribution in [0, 0.1) is 0 Å². The summed E-state index contributed by atoms with van der Waals surface area (Å²) in [6.45, 7) is 0.0369. The molecule has 272 valence electrons. The van der Waals surface area contributed by atoms with Crippen LogP contribution in [0.5, 0.6) is 5.75 Å². The molecule has 3 atom stereocenters. The summed E-state index contributed by atoms with van der Waals surface area (Å²) in [6.07, 6.45) is -0.522. The molecule has 0 aromatic heterocycles. The average Bonchev–Trinajstić information content (AvgIpc) is 3.07. The van der Waals surface area contributed by atoms with Crippen molar-refractivity contribution in [2.24, 2.45) is 0 Å². The molecule has 17 heteroatoms. The predicted molar refractivity (Wildman–Crippen MR) is 176 cm³/mol. The van der Waals surface area contributed by atoms with Gasteiger partial charge in [-0.15, -0.1) is 0 Å². The Bertz CT molecular complexity index is 1440. The van der Waals surface area contributed by atoms with Crippen LogP contribution in [0.2, 0.25) is 0 Å². The Morgan fingerprint density at radius 1 is 0.620 bits per heavy atom. The molecule has 0 radical (unpaired) electrons. The molecule has 0 bridgehead atoms. The number of benzene rings is 2. The molecule has 17 nitrogen and oxygen atoms in total. The van der Waals surface area contributed by atoms with E-state index in [1.807, 2.05) is 0 Å². The van der Waals surface area contributed by atoms with Gasteiger partial charge >= 0.3 is 23.9 Å². The second-order valence-electron chi connectivity index (χ2n) is 11.1. The second kappa shape index (κ2) is 22.0. The standard InChI is InChI=1S/C33H43N5O12/c39-23-10-8-22(9-11-23)20-26(32(47)48)37-30(44)25(19-21-5-2-1-3-6-21)36-28(41)14-17-50-18-16-34-27(40)13-12-24(31(45)46)38-33(49)35-15-4-7-29(42)43/h1-3,5-6,8-11,24-26,39H,4,7,12-20H2,(H,34,40)(H,36,41)(H,37,44)(H,42,43)(H,45,46)(H,47,48)(H2,35,38,49)/t24-,25-,26-/m0/s1. The minimum Gasteiger partial charge on any atom is -0.508 e. The Morgan fingerprint density at radius 3 is 1.90 bits per heavy atom. The lowest BCUT2D eigenvalue weighted by molar-refractivity contribution is -0.142. The highest BCUT2D eigenvalue weighted by Gasteiger charge is 2.27. The topological polar surface area (TPSA) is 270 Å². The Hall–Kier alpha value is -5.71. The number of carbonyl (C=O) groups excluding carboxylic acids is 4. The van der Waals surface area contributed by atoms with Crippen LogP contribution in [0.4, 0.5) is 4.79 Å². The van der Waals surface area contributed by atoms with Gasteiger partial charge in [0.05, 0.1) is 13.2 Å². The van der Waals surface area contributed by atoms with Crippen molar-refractivity contribution < 1.29 is 58.7 Å². The molecule has 0 aliphatic rings. The van der Waals surface area contributed by atoms with Gasteiger partial charge in [0.1, 0.15) is 23.9 Å². The van der Waals surface area contributed by atoms with Crippen molar-refractivity contribution in [1.82, 2.24) is 26.6 Å². The van der Waals surface area contributed by atoms with E-state index in [2.05, 4.69) is 26.6 Å². The number of amides is 5. The first-order valence-electron chi connectivity index (χ1n) is 15.8. The summed E-state index contributed by atoms with van der Waals surface area (Å²) in [6, 6.07) is 10.2. The molecule has 0 fully saturated rings. The SMILES string of the molecule is O=C(O)CCCNC(=O)N[C@@H](CCC(=O)NCCOCCC(=O)N[C@@H](Cc1ccccc1)C(=O)N[C@@H](Cc1ccc(O)cc1)C(=O)O)C(=O)O. The lowest BCUT2D eigenvalue weighted by atomic mass is 10.0. The van der Waals surface area contributed by atoms with Gasteiger partial charge in [-0.2, -0.15) is 0 Å². The van der Waals surface area contributed by atoms with Crippen LogP contribution >= 0.6 is 0 Å². The zero-order valence-electron chi connectivity index (χ0n) is 27.3. The van der Waals surface area contributed by atoms with Gasteiger partial charge in [-0.3, -0.25) is 19.2 Å². The molecule has 0 spiro atoms. The number of phenolic OH excluding ortho intramolecular Hbond substituents is 1. The highest BCUT2D eigenvalue weighted by atomic mass is 16.5. The molecule has 0 saturated carbocycles. The molecular formula is C33H43N5O12. The van der Waals surface area contributed by atoms with Crippen LogP contribution in [0.25, 0.3) is 0 Å². The number of aromatic hydroxyl groups is 1. The first-order valence-corrected chi connectivity index (χ1v) is 15.8. The number of carboxylic acids is 3. The molecule has 2 rings (SSSR count). The molecule has 0 aliphatic carbocycles. The van der Waals surface area contributed by atoms with Gasteiger partial charge in [0, 0.05) is 45.2 Å². The van der Waals surface area contributed by atoms with Crippen molar-refractivity contribution in [3.8, 4) is 5.75 Å². The third-order valence-electron chi connectivity index (χ3n) is 7.08. The number of carboxylic acid groups (broad SMARTS) is 3. The Labute approximate surface area is 287 Å². The maximum Gasteiger partial charge on any atom is 0.326 e. The lowest BCUT2D eigenvalue weighted by Crippen LogP contribution is -2.53. The van der Waals surface area contributed by atoms with Crippen molar-refractivity contribution in [1.29, 1.82) is 0 Å². The van der Waals surface area contributed by atoms with E-state index in [4.69, 9.17) is 9.84 Å². The maximum absolute atomic E-state index is 13.2. The predicted octanol–water partition coefficient (Wildman–Crippen LogP) is 0.152. The van der Waals surface area contributed by atoms with Gasteiger partial charge in [-0.25, -0.2) is 14.4 Å². The van der Waals surface area contributed by atoms with Crippen LogP contribution in [-0.2, 0) is 46.3 Å². The second-order valence-corrected chi connectivity index (χ2v) is 11.1. The first kappa shape index (κ1) is 40.5. The molecule has 2 aromatic carbocycles. The van der Waals surface area contributed by atoms with E-state index in [0.29, 0.717) is 5.56 Å². The number of ether oxygens (including phenoxy) is 1. The highest BCUT2D eigenvalue weighted by Crippen LogP contribution is 2.12. The van der Waals surface area contributed by atoms with Crippen molar-refractivity contribution in [2.75, 3.05) is 26.3 Å². The third-order valence-corrected chi connectivity index (χ3v) is 7.08. The fourth-order valence-corrected chi connectivity index (χ4v) is 4.47. The van der Waals surface area contributed by atoms with Crippen LogP contribution in [0.15, 0.2) is 54.6 Å². The molecule has 0 unspecified atom stereocenters. The summed E-state index contributed by atoms with van der Waals surface area (Å²) in [7, 11) is 0. The number of phenols is 1. The molecule has 50 heavy (non-hydrogen) atoms. The van der Waals surface area contributed by atoms with E-state index >= 15 is 0 Å². The summed E-state index contributed by atoms with van der Waals surface area (Å²) in [5, 5.41) is 49.3. The van der Waals surface area contributed by atoms with Crippen molar-refractivity contribution >= 4 is 41.7 Å².